The van der Waals surface area contributed by atoms with E-state index >= 15 is 0 Å². The molecule has 38 heavy (non-hydrogen) atoms. The molecular weight excluding hydrogens is 482 g/mol. The molecule has 2 heterocycles. The van der Waals surface area contributed by atoms with E-state index in [4.69, 9.17) is 18.9 Å². The fourth-order valence-corrected chi connectivity index (χ4v) is 6.44. The van der Waals surface area contributed by atoms with Crippen LogP contribution in [0, 0.1) is 5.92 Å². The Kier molecular flexibility index (Phi) is 10.8. The zero-order valence-corrected chi connectivity index (χ0v) is 24.4. The van der Waals surface area contributed by atoms with Gasteiger partial charge in [-0.3, -0.25) is 9.59 Å². The minimum absolute atomic E-state index is 0.245. The molecule has 1 spiro atoms. The summed E-state index contributed by atoms with van der Waals surface area (Å²) in [5.41, 5.74) is 2.15. The van der Waals surface area contributed by atoms with Crippen molar-refractivity contribution in [2.45, 2.75) is 104 Å². The van der Waals surface area contributed by atoms with Crippen molar-refractivity contribution in [2.24, 2.45) is 5.92 Å². The first-order valence-electron chi connectivity index (χ1n) is 14.4. The molecule has 0 N–H and O–H groups in total. The van der Waals surface area contributed by atoms with E-state index in [0.29, 0.717) is 17.5 Å². The number of rotatable bonds is 7. The van der Waals surface area contributed by atoms with Crippen LogP contribution in [0.1, 0.15) is 84.8 Å². The van der Waals surface area contributed by atoms with Gasteiger partial charge < -0.3 is 23.8 Å². The van der Waals surface area contributed by atoms with Crippen LogP contribution in [-0.2, 0) is 30.9 Å². The second kappa shape index (κ2) is 13.6. The normalized spacial score (nSPS) is 27.6. The van der Waals surface area contributed by atoms with Gasteiger partial charge in [-0.1, -0.05) is 51.7 Å². The van der Waals surface area contributed by atoms with Gasteiger partial charge in [0.05, 0.1) is 0 Å². The lowest BCUT2D eigenvalue weighted by atomic mass is 9.53. The number of hydrogen-bond acceptors (Lipinski definition) is 7. The molecule has 2 aliphatic heterocycles. The highest BCUT2D eigenvalue weighted by molar-refractivity contribution is 5.73. The van der Waals surface area contributed by atoms with E-state index in [2.05, 4.69) is 37.9 Å². The number of likely N-dealkylation sites (N-methyl/N-ethyl adjacent to an activating group) is 1. The maximum atomic E-state index is 11.7. The zero-order chi connectivity index (χ0) is 27.9. The highest BCUT2D eigenvalue weighted by atomic mass is 16.6. The van der Waals surface area contributed by atoms with E-state index in [9.17, 15) is 9.59 Å². The van der Waals surface area contributed by atoms with Gasteiger partial charge in [0.1, 0.15) is 6.10 Å². The second-order valence-corrected chi connectivity index (χ2v) is 10.6. The molecule has 1 saturated heterocycles. The SMILES string of the molecule is CC(=O)Oc1ccc2c3c1O[C@H]1[C@@H](OC(C)=O)C=C[C@H]4[C@@H](C2)N(C)CC[C@@]341.CCCCCC.CCOCC. The number of esters is 2. The van der Waals surface area contributed by atoms with Gasteiger partial charge in [-0.05, 0) is 58.0 Å². The molecule has 4 aliphatic rings. The maximum Gasteiger partial charge on any atom is 0.308 e. The largest absolute Gasteiger partial charge is 0.481 e. The number of ether oxygens (including phenoxy) is 4. The van der Waals surface area contributed by atoms with Crippen LogP contribution < -0.4 is 9.47 Å². The van der Waals surface area contributed by atoms with E-state index in [1.165, 1.54) is 45.1 Å². The molecule has 1 aromatic carbocycles. The van der Waals surface area contributed by atoms with Crippen LogP contribution in [0.3, 0.4) is 0 Å². The van der Waals surface area contributed by atoms with Gasteiger partial charge in [0.25, 0.3) is 0 Å². The summed E-state index contributed by atoms with van der Waals surface area (Å²) in [7, 11) is 2.17. The maximum absolute atomic E-state index is 11.7. The smallest absolute Gasteiger partial charge is 0.308 e. The van der Waals surface area contributed by atoms with E-state index in [1.54, 1.807) is 0 Å². The predicted molar refractivity (Wildman–Crippen MR) is 149 cm³/mol. The first kappa shape index (κ1) is 30.2. The van der Waals surface area contributed by atoms with E-state index in [-0.39, 0.29) is 29.4 Å². The van der Waals surface area contributed by atoms with Crippen LogP contribution in [0.25, 0.3) is 0 Å². The summed E-state index contributed by atoms with van der Waals surface area (Å²) >= 11 is 0. The lowest BCUT2D eigenvalue weighted by molar-refractivity contribution is -0.152. The lowest BCUT2D eigenvalue weighted by Gasteiger charge is -2.56. The van der Waals surface area contributed by atoms with Crippen LogP contribution in [0.15, 0.2) is 24.3 Å². The molecule has 1 fully saturated rings. The van der Waals surface area contributed by atoms with Crippen LogP contribution in [0.2, 0.25) is 0 Å². The number of carbonyl (C=O) groups excluding carboxylic acids is 2. The quantitative estimate of drug-likeness (QED) is 0.196. The fraction of sp³-hybridized carbons (Fsp3) is 0.677. The molecule has 212 valence electrons. The average molecular weight is 530 g/mol. The standard InChI is InChI=1S/C21H23NO5.C6H14.C4H10O/c1-11(23)25-16-6-4-13-10-15-14-5-7-17(26-12(2)24)20-21(14,8-9-22(15)3)18(13)19(16)27-20;1-3-5-6-4-2;1-3-5-4-2/h4-7,14-15,17,20H,8-10H2,1-3H3;3-6H2,1-2H3;3-4H2,1-2H3/t14-,15+,17-,20-,21-;;/m0../s1. The van der Waals surface area contributed by atoms with Crippen molar-refractivity contribution in [3.8, 4) is 11.5 Å². The average Bonchev–Trinajstić information content (AvgIpc) is 3.23. The van der Waals surface area contributed by atoms with Gasteiger partial charge in [-0.2, -0.15) is 0 Å². The Balaban J connectivity index is 0.000000310. The van der Waals surface area contributed by atoms with E-state index < -0.39 is 6.10 Å². The summed E-state index contributed by atoms with van der Waals surface area (Å²) in [4.78, 5) is 25.7. The van der Waals surface area contributed by atoms with Gasteiger partial charge in [0.2, 0.25) is 0 Å². The molecule has 0 saturated carbocycles. The molecule has 7 nitrogen and oxygen atoms in total. The summed E-state index contributed by atoms with van der Waals surface area (Å²) < 4.78 is 22.3. The van der Waals surface area contributed by atoms with Crippen molar-refractivity contribution >= 4 is 11.9 Å². The molecule has 2 aliphatic carbocycles. The van der Waals surface area contributed by atoms with Crippen molar-refractivity contribution in [3.05, 3.63) is 35.4 Å². The predicted octanol–water partition coefficient (Wildman–Crippen LogP) is 5.62. The number of likely N-dealkylation sites (tertiary alicyclic amines) is 1. The molecule has 2 bridgehead atoms. The van der Waals surface area contributed by atoms with Crippen molar-refractivity contribution < 1.29 is 28.5 Å². The molecule has 0 radical (unpaired) electrons. The van der Waals surface area contributed by atoms with Crippen molar-refractivity contribution in [3.63, 3.8) is 0 Å². The number of piperidine rings is 1. The molecule has 5 rings (SSSR count). The summed E-state index contributed by atoms with van der Waals surface area (Å²) in [5.74, 6) is 0.712. The number of nitrogens with zero attached hydrogens (tertiary/aromatic N) is 1. The highest BCUT2D eigenvalue weighted by Crippen LogP contribution is 2.62. The molecule has 7 heteroatoms. The molecule has 0 unspecified atom stereocenters. The van der Waals surface area contributed by atoms with E-state index in [1.807, 2.05) is 26.0 Å². The Morgan fingerprint density at radius 1 is 1.03 bits per heavy atom. The Morgan fingerprint density at radius 2 is 1.71 bits per heavy atom. The van der Waals surface area contributed by atoms with Gasteiger partial charge in [-0.25, -0.2) is 0 Å². The minimum atomic E-state index is -0.439. The molecule has 1 aromatic rings. The highest BCUT2D eigenvalue weighted by Gasteiger charge is 2.65. The lowest BCUT2D eigenvalue weighted by Crippen LogP contribution is -2.65. The third kappa shape index (κ3) is 6.09. The first-order valence-corrected chi connectivity index (χ1v) is 14.4. The van der Waals surface area contributed by atoms with Crippen LogP contribution in [0.4, 0.5) is 0 Å². The third-order valence-corrected chi connectivity index (χ3v) is 8.04. The van der Waals surface area contributed by atoms with Gasteiger partial charge in [0.15, 0.2) is 17.6 Å². The van der Waals surface area contributed by atoms with Gasteiger partial charge in [-0.15, -0.1) is 0 Å². The number of benzene rings is 1. The molecular formula is C31H47NO6. The number of carbonyl (C=O) groups is 2. The molecule has 5 atom stereocenters. The summed E-state index contributed by atoms with van der Waals surface area (Å²) in [6, 6.07) is 4.28. The van der Waals surface area contributed by atoms with Crippen LogP contribution in [-0.4, -0.2) is 61.9 Å². The van der Waals surface area contributed by atoms with Gasteiger partial charge >= 0.3 is 11.9 Å². The second-order valence-electron chi connectivity index (χ2n) is 10.6. The monoisotopic (exact) mass is 529 g/mol. The summed E-state index contributed by atoms with van der Waals surface area (Å²) in [5, 5.41) is 0. The minimum Gasteiger partial charge on any atom is -0.481 e. The van der Waals surface area contributed by atoms with Crippen molar-refractivity contribution in [1.29, 1.82) is 0 Å². The van der Waals surface area contributed by atoms with Crippen molar-refractivity contribution in [2.75, 3.05) is 26.8 Å². The number of unbranched alkanes of at least 4 members (excludes halogenated alkanes) is 3. The number of hydrogen-bond donors (Lipinski definition) is 0. The summed E-state index contributed by atoms with van der Waals surface area (Å²) in [6.45, 7) is 13.9. The first-order chi connectivity index (χ1) is 18.2. The summed E-state index contributed by atoms with van der Waals surface area (Å²) in [6.07, 6.45) is 10.8. The Hall–Kier alpha value is -2.38. The third-order valence-electron chi connectivity index (χ3n) is 8.04. The van der Waals surface area contributed by atoms with Crippen LogP contribution >= 0.6 is 0 Å². The topological polar surface area (TPSA) is 74.3 Å². The van der Waals surface area contributed by atoms with Gasteiger partial charge in [0, 0.05) is 50.0 Å². The molecule has 0 aromatic heterocycles. The fourth-order valence-electron chi connectivity index (χ4n) is 6.44. The zero-order valence-electron chi connectivity index (χ0n) is 24.4. The molecule has 0 amide bonds. The van der Waals surface area contributed by atoms with E-state index in [0.717, 1.165) is 38.2 Å². The van der Waals surface area contributed by atoms with Crippen LogP contribution in [0.5, 0.6) is 11.5 Å². The van der Waals surface area contributed by atoms with Crippen molar-refractivity contribution in [1.82, 2.24) is 4.90 Å². The Labute approximate surface area is 228 Å². The Morgan fingerprint density at radius 3 is 2.26 bits per heavy atom. The Bertz CT molecular complexity index is 985.